The highest BCUT2D eigenvalue weighted by molar-refractivity contribution is 5.07. The third-order valence-electron chi connectivity index (χ3n) is 4.42. The molecule has 0 amide bonds. The molecule has 0 unspecified atom stereocenters. The fraction of sp³-hybridized carbons (Fsp3) is 0.722. The second kappa shape index (κ2) is 9.93. The van der Waals surface area contributed by atoms with Gasteiger partial charge in [-0.1, -0.05) is 63.9 Å². The Hall–Kier alpha value is -0.890. The zero-order valence-electron chi connectivity index (χ0n) is 12.8. The van der Waals surface area contributed by atoms with Crippen molar-refractivity contribution in [2.24, 2.45) is 0 Å². The summed E-state index contributed by atoms with van der Waals surface area (Å²) in [6, 6.07) is 4.89. The van der Waals surface area contributed by atoms with Crippen LogP contribution in [0.1, 0.15) is 76.2 Å². The molecule has 112 valence electrons. The number of nitrogens with zero attached hydrogens (tertiary/aromatic N) is 1. The third kappa shape index (κ3) is 6.51. The minimum atomic E-state index is 0.703. The van der Waals surface area contributed by atoms with Gasteiger partial charge in [0.15, 0.2) is 0 Å². The van der Waals surface area contributed by atoms with Crippen LogP contribution in [0.25, 0.3) is 0 Å². The molecule has 2 rings (SSSR count). The average molecular weight is 274 g/mol. The van der Waals surface area contributed by atoms with E-state index in [0.717, 1.165) is 6.54 Å². The fourth-order valence-corrected chi connectivity index (χ4v) is 3.13. The minimum Gasteiger partial charge on any atom is -0.310 e. The van der Waals surface area contributed by atoms with E-state index >= 15 is 0 Å². The summed E-state index contributed by atoms with van der Waals surface area (Å²) in [5.41, 5.74) is 1.30. The Balaban J connectivity index is 1.74. The van der Waals surface area contributed by atoms with Crippen molar-refractivity contribution in [3.63, 3.8) is 0 Å². The Kier molecular flexibility index (Phi) is 7.69. The third-order valence-corrected chi connectivity index (χ3v) is 4.42. The van der Waals surface area contributed by atoms with Crippen LogP contribution >= 0.6 is 0 Å². The molecule has 0 saturated heterocycles. The van der Waals surface area contributed by atoms with Crippen LogP contribution in [0.2, 0.25) is 0 Å². The van der Waals surface area contributed by atoms with Crippen molar-refractivity contribution in [2.75, 3.05) is 0 Å². The van der Waals surface area contributed by atoms with Crippen LogP contribution in [0.3, 0.4) is 0 Å². The lowest BCUT2D eigenvalue weighted by Gasteiger charge is -2.19. The van der Waals surface area contributed by atoms with E-state index in [4.69, 9.17) is 0 Å². The van der Waals surface area contributed by atoms with Gasteiger partial charge in [-0.05, 0) is 24.5 Å². The van der Waals surface area contributed by atoms with Crippen molar-refractivity contribution in [3.8, 4) is 0 Å². The summed E-state index contributed by atoms with van der Waals surface area (Å²) >= 11 is 0. The van der Waals surface area contributed by atoms with Gasteiger partial charge in [-0.3, -0.25) is 4.98 Å². The van der Waals surface area contributed by atoms with Crippen molar-refractivity contribution in [2.45, 2.75) is 83.2 Å². The van der Waals surface area contributed by atoms with Gasteiger partial charge in [0, 0.05) is 25.0 Å². The smallest absolute Gasteiger partial charge is 0.0312 e. The van der Waals surface area contributed by atoms with Gasteiger partial charge < -0.3 is 5.32 Å². The molecule has 1 aromatic rings. The number of hydrogen-bond donors (Lipinski definition) is 1. The van der Waals surface area contributed by atoms with E-state index in [1.807, 2.05) is 18.5 Å². The second-order valence-electron chi connectivity index (χ2n) is 6.20. The van der Waals surface area contributed by atoms with Crippen LogP contribution in [-0.4, -0.2) is 11.0 Å². The molecule has 0 aliphatic heterocycles. The normalized spacial score (nSPS) is 20.0. The fourth-order valence-electron chi connectivity index (χ4n) is 3.13. The molecule has 0 radical (unpaired) electrons. The van der Waals surface area contributed by atoms with E-state index in [9.17, 15) is 0 Å². The van der Waals surface area contributed by atoms with Gasteiger partial charge in [-0.25, -0.2) is 0 Å². The van der Waals surface area contributed by atoms with Crippen molar-refractivity contribution >= 4 is 0 Å². The molecular formula is C18H30N2. The molecule has 1 aliphatic rings. The molecule has 0 bridgehead atoms. The molecule has 0 aromatic carbocycles. The largest absolute Gasteiger partial charge is 0.310 e. The summed E-state index contributed by atoms with van der Waals surface area (Å²) in [5, 5.41) is 3.75. The maximum Gasteiger partial charge on any atom is 0.0312 e. The van der Waals surface area contributed by atoms with E-state index in [-0.39, 0.29) is 0 Å². The number of aromatic nitrogens is 1. The summed E-state index contributed by atoms with van der Waals surface area (Å²) < 4.78 is 0. The maximum atomic E-state index is 4.19. The monoisotopic (exact) mass is 274 g/mol. The first-order valence-corrected chi connectivity index (χ1v) is 8.57. The highest BCUT2D eigenvalue weighted by atomic mass is 14.9. The van der Waals surface area contributed by atoms with Gasteiger partial charge in [-0.15, -0.1) is 0 Å². The molecular weight excluding hydrogens is 244 g/mol. The predicted octanol–water partition coefficient (Wildman–Crippen LogP) is 4.84. The van der Waals surface area contributed by atoms with Gasteiger partial charge in [0.25, 0.3) is 0 Å². The van der Waals surface area contributed by atoms with Crippen LogP contribution in [-0.2, 0) is 6.54 Å². The van der Waals surface area contributed by atoms with E-state index in [1.54, 1.807) is 0 Å². The Labute approximate surface area is 124 Å². The highest BCUT2D eigenvalue weighted by Gasteiger charge is 2.09. The van der Waals surface area contributed by atoms with E-state index < -0.39 is 0 Å². The van der Waals surface area contributed by atoms with Gasteiger partial charge in [0.05, 0.1) is 0 Å². The summed E-state index contributed by atoms with van der Waals surface area (Å²) in [6.45, 7) is 0.971. The molecule has 1 aliphatic carbocycles. The van der Waals surface area contributed by atoms with Crippen molar-refractivity contribution in [3.05, 3.63) is 30.1 Å². The molecule has 1 aromatic heterocycles. The molecule has 2 nitrogen and oxygen atoms in total. The van der Waals surface area contributed by atoms with Crippen molar-refractivity contribution in [1.82, 2.24) is 10.3 Å². The summed E-state index contributed by atoms with van der Waals surface area (Å²) in [5.74, 6) is 0. The van der Waals surface area contributed by atoms with E-state index in [0.29, 0.717) is 6.04 Å². The lowest BCUT2D eigenvalue weighted by molar-refractivity contribution is 0.403. The SMILES string of the molecule is c1cncc(CNC2CCCCCCCCCCC2)c1. The van der Waals surface area contributed by atoms with Gasteiger partial charge in [-0.2, -0.15) is 0 Å². The summed E-state index contributed by atoms with van der Waals surface area (Å²) in [4.78, 5) is 4.19. The van der Waals surface area contributed by atoms with E-state index in [1.165, 1.54) is 76.2 Å². The molecule has 1 fully saturated rings. The Morgan fingerprint density at radius 1 is 0.900 bits per heavy atom. The topological polar surface area (TPSA) is 24.9 Å². The first-order chi connectivity index (χ1) is 9.95. The number of pyridine rings is 1. The molecule has 1 saturated carbocycles. The number of hydrogen-bond acceptors (Lipinski definition) is 2. The molecule has 2 heteroatoms. The Morgan fingerprint density at radius 3 is 2.05 bits per heavy atom. The van der Waals surface area contributed by atoms with Crippen LogP contribution < -0.4 is 5.32 Å². The first kappa shape index (κ1) is 15.5. The lowest BCUT2D eigenvalue weighted by atomic mass is 9.98. The van der Waals surface area contributed by atoms with Gasteiger partial charge >= 0.3 is 0 Å². The predicted molar refractivity (Wildman–Crippen MR) is 85.7 cm³/mol. The van der Waals surface area contributed by atoms with Gasteiger partial charge in [0.2, 0.25) is 0 Å². The molecule has 20 heavy (non-hydrogen) atoms. The number of rotatable bonds is 3. The standard InChI is InChI=1S/C18H30N2/c1-2-4-6-8-12-18(13-9-7-5-3-1)20-16-17-11-10-14-19-15-17/h10-11,14-15,18,20H,1-9,12-13,16H2. The molecule has 0 spiro atoms. The number of nitrogens with one attached hydrogen (secondary N) is 1. The molecule has 1 heterocycles. The second-order valence-corrected chi connectivity index (χ2v) is 6.20. The maximum absolute atomic E-state index is 4.19. The Bertz CT molecular complexity index is 325. The van der Waals surface area contributed by atoms with Gasteiger partial charge in [0.1, 0.15) is 0 Å². The van der Waals surface area contributed by atoms with Crippen LogP contribution in [0.15, 0.2) is 24.5 Å². The quantitative estimate of drug-likeness (QED) is 0.852. The summed E-state index contributed by atoms with van der Waals surface area (Å²) in [6.07, 6.45) is 19.4. The van der Waals surface area contributed by atoms with Crippen molar-refractivity contribution in [1.29, 1.82) is 0 Å². The molecule has 0 atom stereocenters. The molecule has 1 N–H and O–H groups in total. The Morgan fingerprint density at radius 2 is 1.50 bits per heavy atom. The van der Waals surface area contributed by atoms with E-state index in [2.05, 4.69) is 16.4 Å². The minimum absolute atomic E-state index is 0.703. The average Bonchev–Trinajstić information content (AvgIpc) is 2.48. The lowest BCUT2D eigenvalue weighted by Crippen LogP contribution is -2.28. The zero-order chi connectivity index (χ0) is 13.9. The van der Waals surface area contributed by atoms with Crippen LogP contribution in [0, 0.1) is 0 Å². The summed E-state index contributed by atoms with van der Waals surface area (Å²) in [7, 11) is 0. The zero-order valence-corrected chi connectivity index (χ0v) is 12.8. The highest BCUT2D eigenvalue weighted by Crippen LogP contribution is 2.17. The van der Waals surface area contributed by atoms with Crippen LogP contribution in [0.4, 0.5) is 0 Å². The van der Waals surface area contributed by atoms with Crippen molar-refractivity contribution < 1.29 is 0 Å². The first-order valence-electron chi connectivity index (χ1n) is 8.57. The van der Waals surface area contributed by atoms with Crippen LogP contribution in [0.5, 0.6) is 0 Å².